The number of benzene rings is 2. The second-order valence-corrected chi connectivity index (χ2v) is 9.17. The summed E-state index contributed by atoms with van der Waals surface area (Å²) in [5, 5.41) is 11.7. The number of methoxy groups -OCH3 is 1. The van der Waals surface area contributed by atoms with Crippen LogP contribution in [0.1, 0.15) is 13.8 Å². The number of nitrogens with zero attached hydrogens (tertiary/aromatic N) is 6. The number of carbonyl (C=O) groups excluding carboxylic acids is 1. The fraction of sp³-hybridized carbons (Fsp3) is 0.310. The summed E-state index contributed by atoms with van der Waals surface area (Å²) in [5.41, 5.74) is 4.87. The molecule has 0 atom stereocenters. The summed E-state index contributed by atoms with van der Waals surface area (Å²) in [6, 6.07) is 11.8. The van der Waals surface area contributed by atoms with Crippen molar-refractivity contribution in [3.63, 3.8) is 0 Å². The van der Waals surface area contributed by atoms with Gasteiger partial charge >= 0.3 is 0 Å². The van der Waals surface area contributed by atoms with Gasteiger partial charge in [-0.2, -0.15) is 5.10 Å². The third-order valence-corrected chi connectivity index (χ3v) is 6.79. The fourth-order valence-corrected chi connectivity index (χ4v) is 4.41. The minimum absolute atomic E-state index is 0.292. The molecule has 0 bridgehead atoms. The van der Waals surface area contributed by atoms with E-state index in [1.807, 2.05) is 55.3 Å². The van der Waals surface area contributed by atoms with Crippen LogP contribution in [-0.2, 0) is 11.8 Å². The van der Waals surface area contributed by atoms with Crippen molar-refractivity contribution < 1.29 is 9.53 Å². The summed E-state index contributed by atoms with van der Waals surface area (Å²) in [6.45, 7) is 11.5. The number of carbonyl (C=O) groups is 1. The van der Waals surface area contributed by atoms with Crippen LogP contribution >= 0.6 is 0 Å². The first-order valence-corrected chi connectivity index (χ1v) is 13.0. The quantitative estimate of drug-likeness (QED) is 0.256. The van der Waals surface area contributed by atoms with Gasteiger partial charge in [0.05, 0.1) is 41.6 Å². The van der Waals surface area contributed by atoms with Gasteiger partial charge in [-0.15, -0.1) is 0 Å². The maximum absolute atomic E-state index is 12.3. The molecule has 39 heavy (non-hydrogen) atoms. The maximum Gasteiger partial charge on any atom is 0.247 e. The zero-order valence-corrected chi connectivity index (χ0v) is 23.2. The smallest absolute Gasteiger partial charge is 0.247 e. The lowest BCUT2D eigenvalue weighted by Crippen LogP contribution is -2.33. The maximum atomic E-state index is 12.3. The van der Waals surface area contributed by atoms with Crippen LogP contribution in [0.2, 0.25) is 0 Å². The van der Waals surface area contributed by atoms with Gasteiger partial charge in [0, 0.05) is 50.3 Å². The Morgan fingerprint density at radius 2 is 1.90 bits per heavy atom. The van der Waals surface area contributed by atoms with Gasteiger partial charge in [-0.25, -0.2) is 9.97 Å². The van der Waals surface area contributed by atoms with Crippen molar-refractivity contribution in [1.29, 1.82) is 0 Å². The Balaban J connectivity index is 1.66. The van der Waals surface area contributed by atoms with Crippen LogP contribution in [-0.4, -0.2) is 70.9 Å². The van der Waals surface area contributed by atoms with E-state index < -0.39 is 0 Å². The van der Waals surface area contributed by atoms with Crippen LogP contribution < -0.4 is 20.3 Å². The highest BCUT2D eigenvalue weighted by atomic mass is 16.5. The highest BCUT2D eigenvalue weighted by molar-refractivity contribution is 6.02. The van der Waals surface area contributed by atoms with Crippen molar-refractivity contribution in [2.45, 2.75) is 13.8 Å². The van der Waals surface area contributed by atoms with Gasteiger partial charge in [0.2, 0.25) is 5.91 Å². The van der Waals surface area contributed by atoms with Crippen molar-refractivity contribution in [3.05, 3.63) is 61.6 Å². The first kappa shape index (κ1) is 27.6. The second-order valence-electron chi connectivity index (χ2n) is 9.17. The van der Waals surface area contributed by atoms with Gasteiger partial charge < -0.3 is 25.2 Å². The minimum Gasteiger partial charge on any atom is -0.494 e. The van der Waals surface area contributed by atoms with E-state index in [4.69, 9.17) is 4.74 Å². The third kappa shape index (κ3) is 6.35. The molecule has 0 radical (unpaired) electrons. The van der Waals surface area contributed by atoms with E-state index in [2.05, 4.69) is 62.0 Å². The molecule has 0 aliphatic carbocycles. The summed E-state index contributed by atoms with van der Waals surface area (Å²) >= 11 is 0. The number of fused-ring (bicyclic) bond motifs is 1. The van der Waals surface area contributed by atoms with Crippen molar-refractivity contribution in [2.75, 3.05) is 55.9 Å². The van der Waals surface area contributed by atoms with Crippen molar-refractivity contribution >= 4 is 39.7 Å². The number of rotatable bonds is 12. The number of likely N-dealkylation sites (N-methyl/N-ethyl adjacent to an activating group) is 2. The van der Waals surface area contributed by atoms with Crippen molar-refractivity contribution in [3.8, 4) is 17.0 Å². The van der Waals surface area contributed by atoms with Gasteiger partial charge in [0.15, 0.2) is 0 Å². The fourth-order valence-electron chi connectivity index (χ4n) is 4.41. The number of anilines is 4. The molecule has 10 nitrogen and oxygen atoms in total. The largest absolute Gasteiger partial charge is 0.494 e. The normalized spacial score (nSPS) is 11.0. The van der Waals surface area contributed by atoms with Crippen LogP contribution in [0.3, 0.4) is 0 Å². The minimum atomic E-state index is -0.292. The van der Waals surface area contributed by atoms with Crippen LogP contribution in [0.4, 0.5) is 22.9 Å². The Morgan fingerprint density at radius 1 is 1.10 bits per heavy atom. The number of hydrogen-bond acceptors (Lipinski definition) is 8. The van der Waals surface area contributed by atoms with E-state index in [1.54, 1.807) is 7.11 Å². The molecule has 10 heteroatoms. The molecule has 0 saturated heterocycles. The monoisotopic (exact) mass is 528 g/mol. The predicted octanol–water partition coefficient (Wildman–Crippen LogP) is 4.69. The van der Waals surface area contributed by atoms with Crippen LogP contribution in [0.5, 0.6) is 5.75 Å². The Morgan fingerprint density at radius 3 is 2.62 bits per heavy atom. The molecule has 4 rings (SSSR count). The molecular weight excluding hydrogens is 492 g/mol. The SMILES string of the molecule is C=CC(=O)Nc1cc(Nc2cc(-c3ccc4cnn(C)c4c3)ncn2)c(OC)cc1N(C)CCN(CC)CC. The molecule has 0 unspecified atom stereocenters. The van der Waals surface area contributed by atoms with E-state index >= 15 is 0 Å². The van der Waals surface area contributed by atoms with E-state index in [1.165, 1.54) is 12.4 Å². The molecule has 2 heterocycles. The van der Waals surface area contributed by atoms with E-state index in [9.17, 15) is 4.79 Å². The van der Waals surface area contributed by atoms with Gasteiger partial charge in [-0.1, -0.05) is 32.6 Å². The van der Waals surface area contributed by atoms with Crippen LogP contribution in [0.25, 0.3) is 22.2 Å². The lowest BCUT2D eigenvalue weighted by molar-refractivity contribution is -0.111. The lowest BCUT2D eigenvalue weighted by Gasteiger charge is -2.27. The van der Waals surface area contributed by atoms with Crippen LogP contribution in [0.15, 0.2) is 61.6 Å². The Labute approximate surface area is 229 Å². The number of ether oxygens (including phenoxy) is 1. The zero-order valence-electron chi connectivity index (χ0n) is 23.2. The Bertz CT molecular complexity index is 1460. The Kier molecular flexibility index (Phi) is 8.77. The first-order chi connectivity index (χ1) is 18.9. The topological polar surface area (TPSA) is 100 Å². The Hall–Kier alpha value is -4.44. The number of aromatic nitrogens is 4. The first-order valence-electron chi connectivity index (χ1n) is 13.0. The van der Waals surface area contributed by atoms with E-state index in [0.29, 0.717) is 22.9 Å². The third-order valence-electron chi connectivity index (χ3n) is 6.79. The molecular formula is C29H36N8O2. The summed E-state index contributed by atoms with van der Waals surface area (Å²) in [6.07, 6.45) is 4.62. The summed E-state index contributed by atoms with van der Waals surface area (Å²) < 4.78 is 7.58. The van der Waals surface area contributed by atoms with Gasteiger partial charge in [0.25, 0.3) is 0 Å². The molecule has 2 aromatic heterocycles. The summed E-state index contributed by atoms with van der Waals surface area (Å²) in [4.78, 5) is 25.7. The number of hydrogen-bond donors (Lipinski definition) is 2. The average Bonchev–Trinajstić information content (AvgIpc) is 3.33. The van der Waals surface area contributed by atoms with Gasteiger partial charge in [-0.3, -0.25) is 9.48 Å². The molecule has 0 saturated carbocycles. The lowest BCUT2D eigenvalue weighted by atomic mass is 10.1. The number of amides is 1. The summed E-state index contributed by atoms with van der Waals surface area (Å²) in [7, 11) is 5.54. The highest BCUT2D eigenvalue weighted by Crippen LogP contribution is 2.38. The molecule has 204 valence electrons. The molecule has 0 aliphatic rings. The van der Waals surface area contributed by atoms with E-state index in [0.717, 1.165) is 54.0 Å². The molecule has 0 fully saturated rings. The molecule has 0 aliphatic heterocycles. The zero-order chi connectivity index (χ0) is 27.9. The standard InChI is InChI=1S/C29H36N8O2/c1-7-29(38)34-23-15-24(27(39-6)17-26(23)35(4)12-13-37(8-2)9-3)33-28-16-22(30-19-31-28)20-10-11-21-18-32-36(5)25(21)14-20/h7,10-11,14-19H,1,8-9,12-13H2,2-6H3,(H,34,38)(H,30,31,33). The van der Waals surface area contributed by atoms with Gasteiger partial charge in [0.1, 0.15) is 17.9 Å². The molecule has 4 aromatic rings. The van der Waals surface area contributed by atoms with Crippen molar-refractivity contribution in [2.24, 2.45) is 7.05 Å². The van der Waals surface area contributed by atoms with Crippen molar-refractivity contribution in [1.82, 2.24) is 24.6 Å². The predicted molar refractivity (Wildman–Crippen MR) is 158 cm³/mol. The van der Waals surface area contributed by atoms with E-state index in [-0.39, 0.29) is 5.91 Å². The number of aryl methyl sites for hydroxylation is 1. The summed E-state index contributed by atoms with van der Waals surface area (Å²) in [5.74, 6) is 0.916. The second kappa shape index (κ2) is 12.4. The van der Waals surface area contributed by atoms with Crippen LogP contribution in [0, 0.1) is 0 Å². The van der Waals surface area contributed by atoms with Gasteiger partial charge in [-0.05, 0) is 31.3 Å². The molecule has 1 amide bonds. The number of nitrogens with one attached hydrogen (secondary N) is 2. The highest BCUT2D eigenvalue weighted by Gasteiger charge is 2.17. The average molecular weight is 529 g/mol. The molecule has 0 spiro atoms. The molecule has 2 N–H and O–H groups in total. The molecule has 2 aromatic carbocycles.